The molecule has 4 aromatic rings. The molecule has 2 aromatic heterocycles. The number of carbonyl (C=O) groups is 1. The Morgan fingerprint density at radius 3 is 2.74 bits per heavy atom. The first-order valence-corrected chi connectivity index (χ1v) is 8.71. The molecule has 2 heterocycles. The topological polar surface area (TPSA) is 72.1 Å². The minimum atomic E-state index is -0.0911. The van der Waals surface area contributed by atoms with E-state index in [1.807, 2.05) is 67.8 Å². The second-order valence-electron chi connectivity index (χ2n) is 6.44. The predicted molar refractivity (Wildman–Crippen MR) is 106 cm³/mol. The molecule has 0 spiro atoms. The first-order chi connectivity index (χ1) is 13.1. The van der Waals surface area contributed by atoms with Crippen LogP contribution in [0.2, 0.25) is 0 Å². The van der Waals surface area contributed by atoms with Gasteiger partial charge in [-0.05, 0) is 30.3 Å². The Kier molecular flexibility index (Phi) is 4.38. The number of hydrogen-bond acceptors (Lipinski definition) is 4. The molecule has 6 heteroatoms. The Hall–Kier alpha value is -3.54. The number of hydrogen-bond donors (Lipinski definition) is 2. The van der Waals surface area contributed by atoms with Crippen LogP contribution in [0.1, 0.15) is 12.5 Å². The average Bonchev–Trinajstić information content (AvgIpc) is 3.22. The quantitative estimate of drug-likeness (QED) is 0.553. The van der Waals surface area contributed by atoms with Crippen LogP contribution in [0.5, 0.6) is 0 Å². The highest BCUT2D eigenvalue weighted by molar-refractivity contribution is 5.89. The fraction of sp³-hybridized carbons (Fsp3) is 0.143. The van der Waals surface area contributed by atoms with E-state index >= 15 is 0 Å². The molecule has 4 rings (SSSR count). The molecule has 0 radical (unpaired) electrons. The van der Waals surface area contributed by atoms with E-state index in [1.165, 1.54) is 6.92 Å². The monoisotopic (exact) mass is 360 g/mol. The van der Waals surface area contributed by atoms with Crippen molar-refractivity contribution in [3.63, 3.8) is 0 Å². The Bertz CT molecular complexity index is 1080. The molecule has 0 atom stereocenters. The molecule has 6 nitrogen and oxygen atoms in total. The number of nitrogens with zero attached hydrogens (tertiary/aromatic N) is 2. The van der Waals surface area contributed by atoms with Crippen molar-refractivity contribution in [2.75, 3.05) is 10.6 Å². The van der Waals surface area contributed by atoms with Crippen molar-refractivity contribution in [3.8, 4) is 11.5 Å². The zero-order chi connectivity index (χ0) is 18.8. The van der Waals surface area contributed by atoms with Crippen molar-refractivity contribution in [2.45, 2.75) is 13.5 Å². The van der Waals surface area contributed by atoms with Gasteiger partial charge in [0.2, 0.25) is 5.91 Å². The number of rotatable bonds is 5. The van der Waals surface area contributed by atoms with Crippen LogP contribution in [-0.2, 0) is 18.4 Å². The summed E-state index contributed by atoms with van der Waals surface area (Å²) in [5.74, 6) is 0.659. The molecule has 0 aliphatic carbocycles. The summed E-state index contributed by atoms with van der Waals surface area (Å²) in [4.78, 5) is 11.2. The average molecular weight is 360 g/mol. The molecule has 2 aromatic carbocycles. The molecule has 2 N–H and O–H groups in total. The molecule has 27 heavy (non-hydrogen) atoms. The third-order valence-corrected chi connectivity index (χ3v) is 4.23. The summed E-state index contributed by atoms with van der Waals surface area (Å²) in [6.45, 7) is 2.08. The van der Waals surface area contributed by atoms with E-state index in [2.05, 4.69) is 15.7 Å². The minimum absolute atomic E-state index is 0.0911. The van der Waals surface area contributed by atoms with Crippen molar-refractivity contribution in [1.82, 2.24) is 9.78 Å². The van der Waals surface area contributed by atoms with E-state index in [0.29, 0.717) is 6.54 Å². The van der Waals surface area contributed by atoms with Crippen LogP contribution in [0, 0.1) is 0 Å². The van der Waals surface area contributed by atoms with E-state index < -0.39 is 0 Å². The fourth-order valence-electron chi connectivity index (χ4n) is 3.08. The SMILES string of the molecule is CC(=O)Nc1cccc(NCc2cn(C)nc2-c2cc3ccccc3o2)c1. The lowest BCUT2D eigenvalue weighted by atomic mass is 10.2. The lowest BCUT2D eigenvalue weighted by Crippen LogP contribution is -2.06. The van der Waals surface area contributed by atoms with Gasteiger partial charge in [0.15, 0.2) is 5.76 Å². The summed E-state index contributed by atoms with van der Waals surface area (Å²) < 4.78 is 7.76. The molecule has 0 fully saturated rings. The van der Waals surface area contributed by atoms with E-state index in [-0.39, 0.29) is 5.91 Å². The molecule has 0 bridgehead atoms. The van der Waals surface area contributed by atoms with Gasteiger partial charge in [-0.1, -0.05) is 24.3 Å². The number of nitrogens with one attached hydrogen (secondary N) is 2. The van der Waals surface area contributed by atoms with Crippen LogP contribution < -0.4 is 10.6 Å². The zero-order valence-electron chi connectivity index (χ0n) is 15.2. The minimum Gasteiger partial charge on any atom is -0.454 e. The maximum absolute atomic E-state index is 11.2. The van der Waals surface area contributed by atoms with Crippen LogP contribution in [0.15, 0.2) is 65.2 Å². The standard InChI is InChI=1S/C21H20N4O2/c1-14(26)23-18-8-5-7-17(11-18)22-12-16-13-25(2)24-21(16)20-10-15-6-3-4-9-19(15)27-20/h3-11,13,22H,12H2,1-2H3,(H,23,26). The summed E-state index contributed by atoms with van der Waals surface area (Å²) in [5.41, 5.74) is 4.37. The number of amides is 1. The number of fused-ring (bicyclic) bond motifs is 1. The first-order valence-electron chi connectivity index (χ1n) is 8.71. The Morgan fingerprint density at radius 2 is 1.93 bits per heavy atom. The van der Waals surface area contributed by atoms with Crippen molar-refractivity contribution in [3.05, 3.63) is 66.4 Å². The molecule has 0 saturated heterocycles. The Morgan fingerprint density at radius 1 is 1.11 bits per heavy atom. The summed E-state index contributed by atoms with van der Waals surface area (Å²) in [5, 5.41) is 11.8. The van der Waals surface area contributed by atoms with E-state index in [9.17, 15) is 4.79 Å². The highest BCUT2D eigenvalue weighted by Crippen LogP contribution is 2.29. The van der Waals surface area contributed by atoms with Crippen LogP contribution >= 0.6 is 0 Å². The van der Waals surface area contributed by atoms with Gasteiger partial charge in [0.05, 0.1) is 0 Å². The number of aryl methyl sites for hydroxylation is 1. The number of para-hydroxylation sites is 1. The summed E-state index contributed by atoms with van der Waals surface area (Å²) in [6, 6.07) is 17.6. The summed E-state index contributed by atoms with van der Waals surface area (Å²) >= 11 is 0. The lowest BCUT2D eigenvalue weighted by Gasteiger charge is -2.08. The van der Waals surface area contributed by atoms with Gasteiger partial charge in [0.1, 0.15) is 11.3 Å². The molecule has 0 saturated carbocycles. The number of anilines is 2. The number of aromatic nitrogens is 2. The summed E-state index contributed by atoms with van der Waals surface area (Å²) in [6.07, 6.45) is 1.98. The second kappa shape index (κ2) is 6.99. The van der Waals surface area contributed by atoms with Gasteiger partial charge in [-0.25, -0.2) is 0 Å². The lowest BCUT2D eigenvalue weighted by molar-refractivity contribution is -0.114. The van der Waals surface area contributed by atoms with Gasteiger partial charge < -0.3 is 15.1 Å². The van der Waals surface area contributed by atoms with Crippen LogP contribution in [0.3, 0.4) is 0 Å². The predicted octanol–water partition coefficient (Wildman–Crippen LogP) is 4.40. The van der Waals surface area contributed by atoms with E-state index in [4.69, 9.17) is 4.42 Å². The van der Waals surface area contributed by atoms with E-state index in [0.717, 1.165) is 39.4 Å². The van der Waals surface area contributed by atoms with Crippen molar-refractivity contribution in [2.24, 2.45) is 7.05 Å². The highest BCUT2D eigenvalue weighted by Gasteiger charge is 2.14. The van der Waals surface area contributed by atoms with E-state index in [1.54, 1.807) is 4.68 Å². The van der Waals surface area contributed by atoms with Crippen LogP contribution in [0.25, 0.3) is 22.4 Å². The maximum atomic E-state index is 11.2. The fourth-order valence-corrected chi connectivity index (χ4v) is 3.08. The molecular weight excluding hydrogens is 340 g/mol. The zero-order valence-corrected chi connectivity index (χ0v) is 15.2. The normalized spacial score (nSPS) is 10.9. The van der Waals surface area contributed by atoms with Crippen molar-refractivity contribution < 1.29 is 9.21 Å². The molecule has 0 aliphatic rings. The van der Waals surface area contributed by atoms with Crippen molar-refractivity contribution >= 4 is 28.3 Å². The smallest absolute Gasteiger partial charge is 0.221 e. The third kappa shape index (κ3) is 3.69. The molecular formula is C21H20N4O2. The second-order valence-corrected chi connectivity index (χ2v) is 6.44. The number of benzene rings is 2. The van der Waals surface area contributed by atoms with Crippen LogP contribution in [0.4, 0.5) is 11.4 Å². The van der Waals surface area contributed by atoms with Gasteiger partial charge >= 0.3 is 0 Å². The third-order valence-electron chi connectivity index (χ3n) is 4.23. The Labute approximate surface area is 156 Å². The highest BCUT2D eigenvalue weighted by atomic mass is 16.3. The van der Waals surface area contributed by atoms with Gasteiger partial charge in [0, 0.05) is 49.0 Å². The molecule has 136 valence electrons. The summed E-state index contributed by atoms with van der Waals surface area (Å²) in [7, 11) is 1.90. The number of furan rings is 1. The maximum Gasteiger partial charge on any atom is 0.221 e. The Balaban J connectivity index is 1.57. The largest absolute Gasteiger partial charge is 0.454 e. The van der Waals surface area contributed by atoms with Gasteiger partial charge in [-0.2, -0.15) is 5.10 Å². The van der Waals surface area contributed by atoms with Gasteiger partial charge in [0.25, 0.3) is 0 Å². The number of carbonyl (C=O) groups excluding carboxylic acids is 1. The van der Waals surface area contributed by atoms with Crippen molar-refractivity contribution in [1.29, 1.82) is 0 Å². The van der Waals surface area contributed by atoms with Crippen LogP contribution in [-0.4, -0.2) is 15.7 Å². The first kappa shape index (κ1) is 16.9. The molecule has 0 aliphatic heterocycles. The molecule has 1 amide bonds. The van der Waals surface area contributed by atoms with Gasteiger partial charge in [-0.15, -0.1) is 0 Å². The molecule has 0 unspecified atom stereocenters. The van der Waals surface area contributed by atoms with Gasteiger partial charge in [-0.3, -0.25) is 9.48 Å².